The molecular weight excluding hydrogens is 256 g/mol. The van der Waals surface area contributed by atoms with E-state index in [4.69, 9.17) is 15.2 Å². The molecule has 1 aliphatic heterocycles. The van der Waals surface area contributed by atoms with E-state index in [1.165, 1.54) is 0 Å². The first-order chi connectivity index (χ1) is 9.65. The average molecular weight is 276 g/mol. The zero-order chi connectivity index (χ0) is 14.1. The number of carbonyl (C=O) groups excluding carboxylic acids is 1. The Kier molecular flexibility index (Phi) is 3.53. The van der Waals surface area contributed by atoms with Gasteiger partial charge in [0.2, 0.25) is 5.91 Å². The highest BCUT2D eigenvalue weighted by Gasteiger charge is 2.36. The van der Waals surface area contributed by atoms with Crippen molar-refractivity contribution in [1.29, 1.82) is 0 Å². The summed E-state index contributed by atoms with van der Waals surface area (Å²) in [6.07, 6.45) is 1.99. The molecule has 1 heterocycles. The fourth-order valence-corrected chi connectivity index (χ4v) is 2.44. The van der Waals surface area contributed by atoms with Crippen LogP contribution in [0.3, 0.4) is 0 Å². The maximum Gasteiger partial charge on any atom is 0.239 e. The quantitative estimate of drug-likeness (QED) is 0.896. The van der Waals surface area contributed by atoms with Crippen molar-refractivity contribution in [2.75, 3.05) is 13.2 Å². The molecule has 2 atom stereocenters. The van der Waals surface area contributed by atoms with E-state index in [-0.39, 0.29) is 12.0 Å². The standard InChI is InChI=1S/C15H20N2O3/c1-10(16)15(18)17(11-6-7-11)8-12-9-19-13-4-2-3-5-14(13)20-12/h2-5,10-12H,6-9,16H2,1H3/t10-,12-/m0/s1. The van der Waals surface area contributed by atoms with E-state index in [2.05, 4.69) is 0 Å². The lowest BCUT2D eigenvalue weighted by Gasteiger charge is -2.32. The molecule has 0 unspecified atom stereocenters. The van der Waals surface area contributed by atoms with Crippen molar-refractivity contribution in [2.24, 2.45) is 5.73 Å². The van der Waals surface area contributed by atoms with E-state index in [1.54, 1.807) is 6.92 Å². The van der Waals surface area contributed by atoms with Crippen LogP contribution in [0.2, 0.25) is 0 Å². The van der Waals surface area contributed by atoms with E-state index in [9.17, 15) is 4.79 Å². The molecule has 0 aromatic heterocycles. The van der Waals surface area contributed by atoms with Crippen LogP contribution >= 0.6 is 0 Å². The maximum absolute atomic E-state index is 12.1. The molecule has 0 bridgehead atoms. The number of para-hydroxylation sites is 2. The smallest absolute Gasteiger partial charge is 0.239 e. The number of fused-ring (bicyclic) bond motifs is 1. The number of nitrogens with two attached hydrogens (primary N) is 1. The summed E-state index contributed by atoms with van der Waals surface area (Å²) in [4.78, 5) is 14.0. The molecule has 20 heavy (non-hydrogen) atoms. The Balaban J connectivity index is 1.67. The number of rotatable bonds is 4. The maximum atomic E-state index is 12.1. The van der Waals surface area contributed by atoms with Crippen LogP contribution in [0.15, 0.2) is 24.3 Å². The van der Waals surface area contributed by atoms with Crippen LogP contribution in [0.4, 0.5) is 0 Å². The van der Waals surface area contributed by atoms with Gasteiger partial charge in [0.15, 0.2) is 17.6 Å². The van der Waals surface area contributed by atoms with Crippen molar-refractivity contribution in [1.82, 2.24) is 4.90 Å². The highest BCUT2D eigenvalue weighted by molar-refractivity contribution is 5.81. The van der Waals surface area contributed by atoms with Crippen LogP contribution in [-0.4, -0.2) is 42.1 Å². The van der Waals surface area contributed by atoms with Crippen LogP contribution in [0, 0.1) is 0 Å². The molecule has 2 N–H and O–H groups in total. The van der Waals surface area contributed by atoms with Gasteiger partial charge >= 0.3 is 0 Å². The van der Waals surface area contributed by atoms with Crippen molar-refractivity contribution in [3.63, 3.8) is 0 Å². The fraction of sp³-hybridized carbons (Fsp3) is 0.533. The summed E-state index contributed by atoms with van der Waals surface area (Å²) in [7, 11) is 0. The molecule has 3 rings (SSSR count). The van der Waals surface area contributed by atoms with Gasteiger partial charge in [-0.2, -0.15) is 0 Å². The van der Waals surface area contributed by atoms with Gasteiger partial charge < -0.3 is 20.1 Å². The van der Waals surface area contributed by atoms with Gasteiger partial charge in [0, 0.05) is 6.04 Å². The molecule has 1 aromatic rings. The minimum Gasteiger partial charge on any atom is -0.486 e. The molecule has 0 spiro atoms. The summed E-state index contributed by atoms with van der Waals surface area (Å²) in [5.74, 6) is 1.50. The van der Waals surface area contributed by atoms with Crippen molar-refractivity contribution < 1.29 is 14.3 Å². The van der Waals surface area contributed by atoms with Gasteiger partial charge in [-0.3, -0.25) is 4.79 Å². The Morgan fingerprint density at radius 2 is 2.10 bits per heavy atom. The number of carbonyl (C=O) groups is 1. The summed E-state index contributed by atoms with van der Waals surface area (Å²) in [5.41, 5.74) is 5.72. The zero-order valence-corrected chi connectivity index (χ0v) is 11.6. The molecule has 0 radical (unpaired) electrons. The van der Waals surface area contributed by atoms with E-state index in [0.29, 0.717) is 19.2 Å². The number of nitrogens with zero attached hydrogens (tertiary/aromatic N) is 1. The summed E-state index contributed by atoms with van der Waals surface area (Å²) >= 11 is 0. The van der Waals surface area contributed by atoms with Gasteiger partial charge in [0.25, 0.3) is 0 Å². The van der Waals surface area contributed by atoms with Crippen LogP contribution in [-0.2, 0) is 4.79 Å². The molecule has 0 saturated heterocycles. The molecule has 108 valence electrons. The number of benzene rings is 1. The first kappa shape index (κ1) is 13.2. The van der Waals surface area contributed by atoms with Gasteiger partial charge in [-0.05, 0) is 31.9 Å². The molecule has 5 nitrogen and oxygen atoms in total. The third-order valence-electron chi connectivity index (χ3n) is 3.63. The van der Waals surface area contributed by atoms with Gasteiger partial charge in [0.1, 0.15) is 6.61 Å². The SMILES string of the molecule is C[C@H](N)C(=O)N(C[C@H]1COc2ccccc2O1)C1CC1. The van der Waals surface area contributed by atoms with Crippen molar-refractivity contribution in [3.8, 4) is 11.5 Å². The zero-order valence-electron chi connectivity index (χ0n) is 11.6. The van der Waals surface area contributed by atoms with Crippen molar-refractivity contribution in [2.45, 2.75) is 38.0 Å². The van der Waals surface area contributed by atoms with Crippen LogP contribution in [0.25, 0.3) is 0 Å². The lowest BCUT2D eigenvalue weighted by Crippen LogP contribution is -2.49. The Morgan fingerprint density at radius 1 is 1.40 bits per heavy atom. The van der Waals surface area contributed by atoms with E-state index in [1.807, 2.05) is 29.2 Å². The molecule has 1 saturated carbocycles. The predicted molar refractivity (Wildman–Crippen MR) is 74.7 cm³/mol. The fourth-order valence-electron chi connectivity index (χ4n) is 2.44. The Labute approximate surface area is 118 Å². The number of amides is 1. The first-order valence-electron chi connectivity index (χ1n) is 7.09. The lowest BCUT2D eigenvalue weighted by molar-refractivity contribution is -0.134. The van der Waals surface area contributed by atoms with Crippen molar-refractivity contribution in [3.05, 3.63) is 24.3 Å². The molecule has 1 aliphatic carbocycles. The van der Waals surface area contributed by atoms with E-state index < -0.39 is 6.04 Å². The Hall–Kier alpha value is -1.75. The largest absolute Gasteiger partial charge is 0.486 e. The van der Waals surface area contributed by atoms with E-state index >= 15 is 0 Å². The molecule has 1 aromatic carbocycles. The normalized spacial score (nSPS) is 22.2. The third kappa shape index (κ3) is 2.72. The topological polar surface area (TPSA) is 64.8 Å². The highest BCUT2D eigenvalue weighted by Crippen LogP contribution is 2.33. The van der Waals surface area contributed by atoms with Gasteiger partial charge in [-0.25, -0.2) is 0 Å². The predicted octanol–water partition coefficient (Wildman–Crippen LogP) is 1.16. The minimum atomic E-state index is -0.465. The van der Waals surface area contributed by atoms with E-state index in [0.717, 1.165) is 24.3 Å². The van der Waals surface area contributed by atoms with Gasteiger partial charge in [-0.15, -0.1) is 0 Å². The Bertz CT molecular complexity index is 500. The summed E-state index contributed by atoms with van der Waals surface area (Å²) in [6, 6.07) is 7.46. The van der Waals surface area contributed by atoms with Gasteiger partial charge in [-0.1, -0.05) is 12.1 Å². The number of hydrogen-bond acceptors (Lipinski definition) is 4. The number of hydrogen-bond donors (Lipinski definition) is 1. The second-order valence-corrected chi connectivity index (χ2v) is 5.51. The van der Waals surface area contributed by atoms with Crippen LogP contribution in [0.5, 0.6) is 11.5 Å². The summed E-state index contributed by atoms with van der Waals surface area (Å²) < 4.78 is 11.6. The molecule has 1 amide bonds. The molecule has 2 aliphatic rings. The Morgan fingerprint density at radius 3 is 2.75 bits per heavy atom. The average Bonchev–Trinajstić information content (AvgIpc) is 3.28. The molecule has 5 heteroatoms. The summed E-state index contributed by atoms with van der Waals surface area (Å²) in [5, 5.41) is 0. The van der Waals surface area contributed by atoms with Crippen LogP contribution < -0.4 is 15.2 Å². The third-order valence-corrected chi connectivity index (χ3v) is 3.63. The first-order valence-corrected chi connectivity index (χ1v) is 7.09. The second kappa shape index (κ2) is 5.32. The highest BCUT2D eigenvalue weighted by atomic mass is 16.6. The number of ether oxygens (including phenoxy) is 2. The van der Waals surface area contributed by atoms with Crippen LogP contribution in [0.1, 0.15) is 19.8 Å². The monoisotopic (exact) mass is 276 g/mol. The van der Waals surface area contributed by atoms with Gasteiger partial charge in [0.05, 0.1) is 12.6 Å². The summed E-state index contributed by atoms with van der Waals surface area (Å²) in [6.45, 7) is 2.73. The molecular formula is C15H20N2O3. The van der Waals surface area contributed by atoms with Crippen molar-refractivity contribution >= 4 is 5.91 Å². The lowest BCUT2D eigenvalue weighted by atomic mass is 10.2. The molecule has 1 fully saturated rings. The minimum absolute atomic E-state index is 0.00467. The second-order valence-electron chi connectivity index (χ2n) is 5.51.